The first-order valence-corrected chi connectivity index (χ1v) is 13.8. The predicted octanol–water partition coefficient (Wildman–Crippen LogP) is -1.94. The summed E-state index contributed by atoms with van der Waals surface area (Å²) in [6.07, 6.45) is 3.50. The second kappa shape index (κ2) is 12.7. The molecule has 1 aliphatic carbocycles. The quantitative estimate of drug-likeness (QED) is 0.200. The number of benzene rings is 1. The molecule has 2 N–H and O–H groups in total. The fourth-order valence-electron chi connectivity index (χ4n) is 5.06. The molecule has 1 aromatic rings. The van der Waals surface area contributed by atoms with E-state index in [4.69, 9.17) is 14.0 Å². The van der Waals surface area contributed by atoms with E-state index >= 15 is 0 Å². The second-order valence-electron chi connectivity index (χ2n) is 8.72. The topological polar surface area (TPSA) is 144 Å². The lowest BCUT2D eigenvalue weighted by atomic mass is 9.72. The summed E-state index contributed by atoms with van der Waals surface area (Å²) in [5.41, 5.74) is 3.57. The van der Waals surface area contributed by atoms with Crippen molar-refractivity contribution in [2.45, 2.75) is 57.1 Å². The fraction of sp³-hybridized carbons (Fsp3) is 0.571. The molecule has 1 fully saturated rings. The monoisotopic (exact) mass is 504 g/mol. The maximum absolute atomic E-state index is 13.3. The van der Waals surface area contributed by atoms with Crippen LogP contribution in [0, 0.1) is 5.92 Å². The number of carbonyl (C=O) groups is 3. The molecule has 0 bridgehead atoms. The predicted molar refractivity (Wildman–Crippen MR) is 141 cm³/mol. The van der Waals surface area contributed by atoms with Gasteiger partial charge in [-0.25, -0.2) is 9.59 Å². The minimum Gasteiger partial charge on any atom is -0.478 e. The third kappa shape index (κ3) is 7.16. The number of carboxylic acid groups (broad SMARTS) is 1. The molecule has 1 aliphatic rings. The van der Waals surface area contributed by atoms with Crippen LogP contribution >= 0.6 is 0 Å². The lowest BCUT2D eigenvalue weighted by molar-refractivity contribution is -0.149. The van der Waals surface area contributed by atoms with E-state index in [0.29, 0.717) is 56.5 Å². The van der Waals surface area contributed by atoms with Crippen molar-refractivity contribution in [2.75, 3.05) is 12.4 Å². The zero-order valence-corrected chi connectivity index (χ0v) is 21.7. The van der Waals surface area contributed by atoms with Crippen LogP contribution in [0.3, 0.4) is 0 Å². The number of esters is 2. The highest BCUT2D eigenvalue weighted by atomic mass is 32.2. The number of carbonyl (C=O) groups excluding carboxylic acids is 2. The Bertz CT molecular complexity index is 1070. The minimum absolute atomic E-state index is 0.0273. The summed E-state index contributed by atoms with van der Waals surface area (Å²) in [4.78, 5) is 37.8. The molecule has 9 nitrogen and oxygen atoms in total. The van der Waals surface area contributed by atoms with Crippen molar-refractivity contribution < 1.29 is 41.9 Å². The van der Waals surface area contributed by atoms with Crippen LogP contribution in [0.5, 0.6) is 0 Å². The van der Waals surface area contributed by atoms with Crippen LogP contribution in [0.2, 0.25) is 0 Å². The fourth-order valence-corrected chi connectivity index (χ4v) is 5.35. The molecule has 1 saturated carbocycles. The smallest absolute Gasteiger partial charge is 0.339 e. The number of ether oxygens (including phenoxy) is 2. The number of hydrogen-bond donors (Lipinski definition) is 2. The van der Waals surface area contributed by atoms with Gasteiger partial charge in [-0.05, 0) is 47.9 Å². The van der Waals surface area contributed by atoms with Crippen molar-refractivity contribution in [3.8, 4) is 0 Å². The summed E-state index contributed by atoms with van der Waals surface area (Å²) in [5, 5.41) is 10.0. The zero-order valence-electron chi connectivity index (χ0n) is 20.9. The number of hydrogen-bond acceptors (Lipinski definition) is 7. The zero-order chi connectivity index (χ0) is 26.3. The average molecular weight is 504 g/mol. The largest absolute Gasteiger partial charge is 0.478 e. The first-order valence-electron chi connectivity index (χ1n) is 12.2. The Morgan fingerprint density at radius 1 is 0.829 bits per heavy atom. The van der Waals surface area contributed by atoms with Crippen LogP contribution < -0.4 is 0 Å². The summed E-state index contributed by atoms with van der Waals surface area (Å²) in [5.74, 6) is -3.44. The Balaban J connectivity index is 2.20. The molecule has 188 valence electrons. The van der Waals surface area contributed by atoms with E-state index in [0.717, 1.165) is 16.7 Å². The SMILES string of the molecule is BCc1c(CB)c(CB)c(C(=O)OC2CCC(C(=O)OCCS(=O)(=O)O)CC2)c(C(=O)O)c1CB. The normalized spacial score (nSPS) is 18.1. The van der Waals surface area contributed by atoms with E-state index in [9.17, 15) is 27.9 Å². The maximum Gasteiger partial charge on any atom is 0.339 e. The van der Waals surface area contributed by atoms with Gasteiger partial charge in [-0.1, -0.05) is 25.3 Å². The first kappa shape index (κ1) is 29.0. The summed E-state index contributed by atoms with van der Waals surface area (Å²) < 4.78 is 41.0. The highest BCUT2D eigenvalue weighted by molar-refractivity contribution is 7.85. The first-order chi connectivity index (χ1) is 16.5. The standard InChI is InChI=1S/C21H32B4O9S/c22-7-13-14(8-23)16(10-25)18(17(19(26)27)15(13)9-24)21(29)34-12-3-1-11(2-4-12)20(28)33-5-6-35(30,31)32/h11-12H,1-10,22-25H2,(H,26,27)(H,30,31,32). The Morgan fingerprint density at radius 3 is 1.74 bits per heavy atom. The van der Waals surface area contributed by atoms with Crippen molar-refractivity contribution in [1.29, 1.82) is 0 Å². The number of aromatic carboxylic acids is 1. The van der Waals surface area contributed by atoms with Gasteiger partial charge in [0.25, 0.3) is 10.1 Å². The molecule has 0 atom stereocenters. The molecule has 2 rings (SSSR count). The van der Waals surface area contributed by atoms with Crippen molar-refractivity contribution in [1.82, 2.24) is 0 Å². The molecule has 0 aliphatic heterocycles. The van der Waals surface area contributed by atoms with Crippen LogP contribution in [-0.2, 0) is 49.7 Å². The van der Waals surface area contributed by atoms with Crippen LogP contribution in [0.15, 0.2) is 0 Å². The van der Waals surface area contributed by atoms with E-state index in [-0.39, 0.29) is 11.1 Å². The van der Waals surface area contributed by atoms with Gasteiger partial charge < -0.3 is 14.6 Å². The van der Waals surface area contributed by atoms with Crippen LogP contribution in [-0.4, -0.2) is 85.8 Å². The Morgan fingerprint density at radius 2 is 1.31 bits per heavy atom. The lowest BCUT2D eigenvalue weighted by Gasteiger charge is -2.28. The summed E-state index contributed by atoms with van der Waals surface area (Å²) in [6, 6.07) is 0. The van der Waals surface area contributed by atoms with E-state index in [1.807, 2.05) is 31.4 Å². The number of rotatable bonds is 11. The molecule has 0 unspecified atom stereocenters. The molecular formula is C21H32B4O9S. The highest BCUT2D eigenvalue weighted by Gasteiger charge is 2.33. The van der Waals surface area contributed by atoms with E-state index in [2.05, 4.69) is 0 Å². The number of carboxylic acids is 1. The van der Waals surface area contributed by atoms with Gasteiger partial charge in [0.2, 0.25) is 0 Å². The van der Waals surface area contributed by atoms with Crippen LogP contribution in [0.1, 0.15) is 68.7 Å². The molecule has 1 aromatic carbocycles. The third-order valence-electron chi connectivity index (χ3n) is 6.65. The molecule has 14 heteroatoms. The van der Waals surface area contributed by atoms with Crippen molar-refractivity contribution >= 4 is 59.4 Å². The van der Waals surface area contributed by atoms with Gasteiger partial charge in [0, 0.05) is 0 Å². The second-order valence-corrected chi connectivity index (χ2v) is 10.3. The van der Waals surface area contributed by atoms with Gasteiger partial charge in [-0.3, -0.25) is 9.35 Å². The molecule has 0 aromatic heterocycles. The van der Waals surface area contributed by atoms with Gasteiger partial charge in [0.15, 0.2) is 0 Å². The van der Waals surface area contributed by atoms with Gasteiger partial charge in [-0.15, -0.1) is 0 Å². The van der Waals surface area contributed by atoms with Gasteiger partial charge in [0.05, 0.1) is 17.0 Å². The Labute approximate surface area is 210 Å². The molecule has 0 saturated heterocycles. The molecule has 0 heterocycles. The van der Waals surface area contributed by atoms with Crippen LogP contribution in [0.4, 0.5) is 0 Å². The van der Waals surface area contributed by atoms with Gasteiger partial charge in [-0.2, -0.15) is 8.42 Å². The van der Waals surface area contributed by atoms with E-state index < -0.39 is 52.4 Å². The molecule has 35 heavy (non-hydrogen) atoms. The summed E-state index contributed by atoms with van der Waals surface area (Å²) in [6.45, 7) is -0.419. The molecule has 0 radical (unpaired) electrons. The van der Waals surface area contributed by atoms with Crippen molar-refractivity contribution in [2.24, 2.45) is 5.92 Å². The summed E-state index contributed by atoms with van der Waals surface area (Å²) >= 11 is 0. The maximum atomic E-state index is 13.3. The van der Waals surface area contributed by atoms with E-state index in [1.54, 1.807) is 0 Å². The summed E-state index contributed by atoms with van der Waals surface area (Å²) in [7, 11) is 3.57. The highest BCUT2D eigenvalue weighted by Crippen LogP contribution is 2.32. The van der Waals surface area contributed by atoms with Gasteiger partial charge in [0.1, 0.15) is 49.8 Å². The Hall–Kier alpha value is -2.20. The van der Waals surface area contributed by atoms with Gasteiger partial charge >= 0.3 is 17.9 Å². The molecular weight excluding hydrogens is 472 g/mol. The third-order valence-corrected chi connectivity index (χ3v) is 7.33. The van der Waals surface area contributed by atoms with E-state index in [1.165, 1.54) is 0 Å². The van der Waals surface area contributed by atoms with Crippen molar-refractivity contribution in [3.05, 3.63) is 33.4 Å². The van der Waals surface area contributed by atoms with Crippen molar-refractivity contribution in [3.63, 3.8) is 0 Å². The molecule has 0 amide bonds. The molecule has 0 spiro atoms. The average Bonchev–Trinajstić information content (AvgIpc) is 2.81. The lowest BCUT2D eigenvalue weighted by Crippen LogP contribution is -2.31. The van der Waals surface area contributed by atoms with Crippen LogP contribution in [0.25, 0.3) is 0 Å². The Kier molecular flexibility index (Phi) is 10.5. The minimum atomic E-state index is -4.21.